The molecule has 0 aliphatic heterocycles. The second kappa shape index (κ2) is 6.72. The molecule has 2 N–H and O–H groups in total. The third-order valence-corrected chi connectivity index (χ3v) is 3.76. The van der Waals surface area contributed by atoms with Gasteiger partial charge in [-0.25, -0.2) is 0 Å². The minimum Gasteiger partial charge on any atom is -0.489 e. The Morgan fingerprint density at radius 1 is 1.19 bits per heavy atom. The molecule has 0 heterocycles. The lowest BCUT2D eigenvalue weighted by Crippen LogP contribution is -2.13. The zero-order valence-corrected chi connectivity index (χ0v) is 13.5. The summed E-state index contributed by atoms with van der Waals surface area (Å²) in [6, 6.07) is 14.0. The van der Waals surface area contributed by atoms with E-state index in [4.69, 9.17) is 22.7 Å². The van der Waals surface area contributed by atoms with Crippen LogP contribution in [0.3, 0.4) is 0 Å². The molecule has 0 aliphatic carbocycles. The summed E-state index contributed by atoms with van der Waals surface area (Å²) in [5.74, 6) is 1.39. The predicted octanol–water partition coefficient (Wildman–Crippen LogP) is 4.33. The molecule has 0 saturated carbocycles. The number of thiocarbonyl (C=S) groups is 1. The van der Waals surface area contributed by atoms with Gasteiger partial charge in [-0.1, -0.05) is 56.4 Å². The maximum atomic E-state index is 5.88. The zero-order valence-electron chi connectivity index (χ0n) is 12.7. The third kappa shape index (κ3) is 3.82. The number of nitrogens with two attached hydrogens (primary N) is 1. The molecule has 3 heteroatoms. The van der Waals surface area contributed by atoms with Crippen molar-refractivity contribution in [3.05, 3.63) is 64.7 Å². The molecule has 0 saturated heterocycles. The molecule has 0 bridgehead atoms. The minimum atomic E-state index is 0.403. The first-order valence-corrected chi connectivity index (χ1v) is 7.51. The van der Waals surface area contributed by atoms with E-state index >= 15 is 0 Å². The smallest absolute Gasteiger partial charge is 0.120 e. The van der Waals surface area contributed by atoms with Crippen molar-refractivity contribution in [2.45, 2.75) is 33.3 Å². The fraction of sp³-hybridized carbons (Fsp3) is 0.278. The molecule has 0 amide bonds. The summed E-state index contributed by atoms with van der Waals surface area (Å²) >= 11 is 5.07. The van der Waals surface area contributed by atoms with Crippen molar-refractivity contribution < 1.29 is 4.74 Å². The van der Waals surface area contributed by atoms with Crippen LogP contribution in [0.2, 0.25) is 0 Å². The molecule has 0 atom stereocenters. The highest BCUT2D eigenvalue weighted by Gasteiger charge is 2.07. The second-order valence-corrected chi connectivity index (χ2v) is 5.92. The molecule has 0 spiro atoms. The summed E-state index contributed by atoms with van der Waals surface area (Å²) in [5.41, 5.74) is 10.2. The Morgan fingerprint density at radius 2 is 1.90 bits per heavy atom. The molecule has 21 heavy (non-hydrogen) atoms. The molecule has 110 valence electrons. The molecule has 0 unspecified atom stereocenters. The Morgan fingerprint density at radius 3 is 2.52 bits per heavy atom. The van der Waals surface area contributed by atoms with Crippen LogP contribution < -0.4 is 10.5 Å². The molecule has 0 aliphatic rings. The van der Waals surface area contributed by atoms with Gasteiger partial charge >= 0.3 is 0 Å². The molecule has 2 nitrogen and oxygen atoms in total. The van der Waals surface area contributed by atoms with Crippen LogP contribution in [0.25, 0.3) is 0 Å². The lowest BCUT2D eigenvalue weighted by Gasteiger charge is -2.13. The Kier molecular flexibility index (Phi) is 4.97. The highest BCUT2D eigenvalue weighted by atomic mass is 32.1. The maximum Gasteiger partial charge on any atom is 0.120 e. The first-order chi connectivity index (χ1) is 9.99. The van der Waals surface area contributed by atoms with Crippen LogP contribution in [0.4, 0.5) is 0 Å². The lowest BCUT2D eigenvalue weighted by atomic mass is 9.98. The molecular formula is C18H21NOS. The van der Waals surface area contributed by atoms with E-state index in [0.29, 0.717) is 17.5 Å². The van der Waals surface area contributed by atoms with Gasteiger partial charge in [-0.2, -0.15) is 0 Å². The molecule has 2 aromatic rings. The summed E-state index contributed by atoms with van der Waals surface area (Å²) in [6.45, 7) is 6.97. The van der Waals surface area contributed by atoms with Gasteiger partial charge in [-0.05, 0) is 41.7 Å². The van der Waals surface area contributed by atoms with E-state index in [1.165, 1.54) is 11.1 Å². The molecular weight excluding hydrogens is 278 g/mol. The average Bonchev–Trinajstić information content (AvgIpc) is 2.45. The largest absolute Gasteiger partial charge is 0.489 e. The average molecular weight is 299 g/mol. The van der Waals surface area contributed by atoms with Gasteiger partial charge in [0.15, 0.2) is 0 Å². The van der Waals surface area contributed by atoms with E-state index in [1.807, 2.05) is 30.3 Å². The summed E-state index contributed by atoms with van der Waals surface area (Å²) in [6.07, 6.45) is 0. The van der Waals surface area contributed by atoms with Gasteiger partial charge in [0, 0.05) is 5.56 Å². The lowest BCUT2D eigenvalue weighted by molar-refractivity contribution is 0.305. The third-order valence-electron chi connectivity index (χ3n) is 3.54. The van der Waals surface area contributed by atoms with Gasteiger partial charge in [-0.3, -0.25) is 0 Å². The van der Waals surface area contributed by atoms with Crippen LogP contribution in [0.5, 0.6) is 5.75 Å². The van der Waals surface area contributed by atoms with E-state index in [2.05, 4.69) is 32.9 Å². The quantitative estimate of drug-likeness (QED) is 0.835. The van der Waals surface area contributed by atoms with Crippen LogP contribution in [0.1, 0.15) is 42.0 Å². The summed E-state index contributed by atoms with van der Waals surface area (Å²) in [5, 5.41) is 0. The van der Waals surface area contributed by atoms with E-state index < -0.39 is 0 Å². The van der Waals surface area contributed by atoms with Crippen LogP contribution in [0, 0.1) is 6.92 Å². The molecule has 2 rings (SSSR count). The van der Waals surface area contributed by atoms with Crippen molar-refractivity contribution in [2.75, 3.05) is 0 Å². The number of benzene rings is 2. The van der Waals surface area contributed by atoms with E-state index in [0.717, 1.165) is 16.9 Å². The fourth-order valence-corrected chi connectivity index (χ4v) is 2.63. The topological polar surface area (TPSA) is 35.2 Å². The normalized spacial score (nSPS) is 10.7. The molecule has 2 aromatic carbocycles. The fourth-order valence-electron chi connectivity index (χ4n) is 2.43. The summed E-state index contributed by atoms with van der Waals surface area (Å²) < 4.78 is 5.88. The highest BCUT2D eigenvalue weighted by Crippen LogP contribution is 2.24. The van der Waals surface area contributed by atoms with Gasteiger partial charge in [0.05, 0.1) is 0 Å². The maximum absolute atomic E-state index is 5.88. The first-order valence-electron chi connectivity index (χ1n) is 7.10. The highest BCUT2D eigenvalue weighted by molar-refractivity contribution is 7.80. The monoisotopic (exact) mass is 299 g/mol. The van der Waals surface area contributed by atoms with Crippen molar-refractivity contribution >= 4 is 17.2 Å². The van der Waals surface area contributed by atoms with Crippen molar-refractivity contribution in [1.82, 2.24) is 0 Å². The number of hydrogen-bond donors (Lipinski definition) is 1. The van der Waals surface area contributed by atoms with Crippen LogP contribution in [0.15, 0.2) is 42.5 Å². The zero-order chi connectivity index (χ0) is 15.4. The van der Waals surface area contributed by atoms with Gasteiger partial charge in [0.1, 0.15) is 17.3 Å². The van der Waals surface area contributed by atoms with Crippen LogP contribution >= 0.6 is 12.2 Å². The first kappa shape index (κ1) is 15.5. The minimum absolute atomic E-state index is 0.403. The summed E-state index contributed by atoms with van der Waals surface area (Å²) in [4.78, 5) is 0.403. The van der Waals surface area contributed by atoms with Gasteiger partial charge in [-0.15, -0.1) is 0 Å². The SMILES string of the molecule is Cc1cc(OCc2ccccc2C(N)=S)ccc1C(C)C. The molecule has 0 aromatic heterocycles. The van der Waals surface area contributed by atoms with Crippen molar-refractivity contribution in [1.29, 1.82) is 0 Å². The van der Waals surface area contributed by atoms with Gasteiger partial charge in [0.25, 0.3) is 0 Å². The Labute approximate surface area is 131 Å². The standard InChI is InChI=1S/C18H21NOS/c1-12(2)16-9-8-15(10-13(16)3)20-11-14-6-4-5-7-17(14)18(19)21/h4-10,12H,11H2,1-3H3,(H2,19,21). The van der Waals surface area contributed by atoms with Crippen molar-refractivity contribution in [3.8, 4) is 5.75 Å². The van der Waals surface area contributed by atoms with Crippen molar-refractivity contribution in [2.24, 2.45) is 5.73 Å². The second-order valence-electron chi connectivity index (χ2n) is 5.48. The Hall–Kier alpha value is -1.87. The van der Waals surface area contributed by atoms with E-state index in [1.54, 1.807) is 0 Å². The van der Waals surface area contributed by atoms with Gasteiger partial charge in [0.2, 0.25) is 0 Å². The number of ether oxygens (including phenoxy) is 1. The van der Waals surface area contributed by atoms with Gasteiger partial charge < -0.3 is 10.5 Å². The summed E-state index contributed by atoms with van der Waals surface area (Å²) in [7, 11) is 0. The predicted molar refractivity (Wildman–Crippen MR) is 91.9 cm³/mol. The van der Waals surface area contributed by atoms with Crippen LogP contribution in [-0.4, -0.2) is 4.99 Å². The Balaban J connectivity index is 2.14. The molecule has 0 radical (unpaired) electrons. The van der Waals surface area contributed by atoms with Crippen LogP contribution in [-0.2, 0) is 6.61 Å². The number of rotatable bonds is 5. The van der Waals surface area contributed by atoms with E-state index in [-0.39, 0.29) is 0 Å². The number of aryl methyl sites for hydroxylation is 1. The molecule has 0 fully saturated rings. The van der Waals surface area contributed by atoms with Crippen molar-refractivity contribution in [3.63, 3.8) is 0 Å². The number of hydrogen-bond acceptors (Lipinski definition) is 2. The Bertz CT molecular complexity index is 649. The van der Waals surface area contributed by atoms with E-state index in [9.17, 15) is 0 Å².